The van der Waals surface area contributed by atoms with Gasteiger partial charge in [-0.1, -0.05) is 62.3 Å². The predicted molar refractivity (Wildman–Crippen MR) is 160 cm³/mol. The second-order valence-corrected chi connectivity index (χ2v) is 29.6. The zero-order chi connectivity index (χ0) is 29.7. The molecule has 0 radical (unpaired) electrons. The van der Waals surface area contributed by atoms with Gasteiger partial charge in [0.25, 0.3) is 5.91 Å². The van der Waals surface area contributed by atoms with Crippen molar-refractivity contribution < 1.29 is 22.8 Å². The van der Waals surface area contributed by atoms with Crippen LogP contribution in [0.2, 0.25) is 54.4 Å². The van der Waals surface area contributed by atoms with E-state index in [1.807, 2.05) is 0 Å². The van der Waals surface area contributed by atoms with Crippen molar-refractivity contribution in [3.05, 3.63) is 12.2 Å². The van der Waals surface area contributed by atoms with Crippen molar-refractivity contribution in [3.8, 4) is 0 Å². The second kappa shape index (κ2) is 10.8. The molecule has 4 unspecified atom stereocenters. The summed E-state index contributed by atoms with van der Waals surface area (Å²) in [5.74, 6) is -0.738. The topological polar surface area (TPSA) is 111 Å². The summed E-state index contributed by atoms with van der Waals surface area (Å²) in [5.41, 5.74) is 5.46. The molecule has 1 aromatic rings. The number of carbonyl (C=O) groups excluding carboxylic acids is 1. The first-order chi connectivity index (χ1) is 16.8. The summed E-state index contributed by atoms with van der Waals surface area (Å²) >= 11 is 0. The fourth-order valence-electron chi connectivity index (χ4n) is 3.37. The Morgan fingerprint density at radius 1 is 0.868 bits per heavy atom. The number of nitrogens with two attached hydrogens (primary N) is 1. The highest BCUT2D eigenvalue weighted by Gasteiger charge is 2.55. The molecule has 38 heavy (non-hydrogen) atoms. The van der Waals surface area contributed by atoms with Crippen molar-refractivity contribution in [1.82, 2.24) is 14.8 Å². The number of carbonyl (C=O) groups is 1. The van der Waals surface area contributed by atoms with Gasteiger partial charge in [0.2, 0.25) is 5.82 Å². The number of rotatable bonds is 9. The van der Waals surface area contributed by atoms with Gasteiger partial charge in [0.15, 0.2) is 31.2 Å². The molecule has 1 amide bonds. The van der Waals surface area contributed by atoms with E-state index in [9.17, 15) is 4.79 Å². The lowest BCUT2D eigenvalue weighted by atomic mass is 10.1. The minimum absolute atomic E-state index is 0.0101. The largest absolute Gasteiger partial charge is 0.414 e. The lowest BCUT2D eigenvalue weighted by molar-refractivity contribution is -0.0548. The molecule has 12 heteroatoms. The van der Waals surface area contributed by atoms with Crippen molar-refractivity contribution >= 4 is 30.9 Å². The average Bonchev–Trinajstić information content (AvgIpc) is 3.29. The Bertz CT molecular complexity index is 977. The molecule has 4 atom stereocenters. The maximum Gasteiger partial charge on any atom is 0.288 e. The van der Waals surface area contributed by atoms with E-state index in [1.54, 1.807) is 4.68 Å². The molecule has 1 fully saturated rings. The molecule has 1 aliphatic rings. The van der Waals surface area contributed by atoms with E-state index in [0.29, 0.717) is 6.61 Å². The van der Waals surface area contributed by atoms with E-state index < -0.39 is 43.2 Å². The van der Waals surface area contributed by atoms with Crippen LogP contribution in [0.1, 0.15) is 79.2 Å². The minimum Gasteiger partial charge on any atom is -0.414 e. The smallest absolute Gasteiger partial charge is 0.288 e. The predicted octanol–water partition coefficient (Wildman–Crippen LogP) is 6.08. The highest BCUT2D eigenvalue weighted by atomic mass is 28.4. The summed E-state index contributed by atoms with van der Waals surface area (Å²) in [6, 6.07) is 0. The molecule has 1 aromatic heterocycles. The van der Waals surface area contributed by atoms with Gasteiger partial charge in [-0.3, -0.25) is 4.79 Å². The van der Waals surface area contributed by atoms with Crippen LogP contribution in [-0.4, -0.2) is 70.5 Å². The van der Waals surface area contributed by atoms with Crippen LogP contribution in [0.15, 0.2) is 6.33 Å². The number of amides is 1. The van der Waals surface area contributed by atoms with Gasteiger partial charge in [-0.15, -0.1) is 5.10 Å². The lowest BCUT2D eigenvalue weighted by Crippen LogP contribution is -2.54. The molecule has 0 aliphatic carbocycles. The van der Waals surface area contributed by atoms with E-state index in [4.69, 9.17) is 23.7 Å². The van der Waals surface area contributed by atoms with Crippen LogP contribution in [0.5, 0.6) is 0 Å². The highest BCUT2D eigenvalue weighted by Crippen LogP contribution is 2.46. The number of primary amides is 1. The number of hydrogen-bond donors (Lipinski definition) is 1. The first-order valence-corrected chi connectivity index (χ1v) is 22.4. The fourth-order valence-corrected chi connectivity index (χ4v) is 6.99. The average molecular weight is 587 g/mol. The molecule has 220 valence electrons. The normalized spacial score (nSPS) is 24.2. The molecular weight excluding hydrogens is 533 g/mol. The molecule has 1 saturated heterocycles. The number of hydrogen-bond acceptors (Lipinski definition) is 7. The van der Waals surface area contributed by atoms with E-state index >= 15 is 0 Å². The zero-order valence-corrected chi connectivity index (χ0v) is 29.6. The Balaban J connectivity index is 2.60. The fraction of sp³-hybridized carbons (Fsp3) is 0.885. The molecule has 0 bridgehead atoms. The molecule has 1 aliphatic heterocycles. The van der Waals surface area contributed by atoms with E-state index in [0.717, 1.165) is 0 Å². The number of aromatic nitrogens is 3. The van der Waals surface area contributed by atoms with Crippen LogP contribution in [-0.2, 0) is 18.0 Å². The van der Waals surface area contributed by atoms with Crippen molar-refractivity contribution in [3.63, 3.8) is 0 Å². The number of ether oxygens (including phenoxy) is 1. The Hall–Kier alpha value is -0.899. The monoisotopic (exact) mass is 586 g/mol. The van der Waals surface area contributed by atoms with Crippen molar-refractivity contribution in [2.45, 2.75) is 141 Å². The Morgan fingerprint density at radius 2 is 1.32 bits per heavy atom. The molecule has 0 spiro atoms. The molecular formula is C26H54N4O5Si3. The van der Waals surface area contributed by atoms with Crippen LogP contribution in [0, 0.1) is 0 Å². The maximum absolute atomic E-state index is 11.8. The molecule has 0 aromatic carbocycles. The number of nitrogens with zero attached hydrogens (tertiary/aromatic N) is 3. The van der Waals surface area contributed by atoms with Crippen molar-refractivity contribution in [2.24, 2.45) is 5.73 Å². The minimum atomic E-state index is -2.27. The molecule has 0 saturated carbocycles. The third kappa shape index (κ3) is 7.24. The van der Waals surface area contributed by atoms with Crippen molar-refractivity contribution in [1.29, 1.82) is 0 Å². The Kier molecular flexibility index (Phi) is 9.49. The first-order valence-electron chi connectivity index (χ1n) is 13.7. The van der Waals surface area contributed by atoms with Gasteiger partial charge in [0.1, 0.15) is 24.6 Å². The van der Waals surface area contributed by atoms with Crippen molar-refractivity contribution in [2.75, 3.05) is 6.61 Å². The molecule has 2 rings (SSSR count). The van der Waals surface area contributed by atoms with Gasteiger partial charge in [0.05, 0.1) is 6.61 Å². The van der Waals surface area contributed by atoms with E-state index in [-0.39, 0.29) is 33.1 Å². The van der Waals surface area contributed by atoms with Gasteiger partial charge < -0.3 is 23.7 Å². The van der Waals surface area contributed by atoms with Crippen LogP contribution in [0.3, 0.4) is 0 Å². The Labute approximate surface area is 233 Å². The van der Waals surface area contributed by atoms with Gasteiger partial charge in [-0.05, 0) is 54.4 Å². The van der Waals surface area contributed by atoms with E-state index in [2.05, 4.69) is 112 Å². The van der Waals surface area contributed by atoms with Gasteiger partial charge >= 0.3 is 0 Å². The summed E-state index contributed by atoms with van der Waals surface area (Å²) in [5, 5.41) is 4.37. The third-order valence-corrected chi connectivity index (χ3v) is 22.6. The van der Waals surface area contributed by atoms with E-state index in [1.165, 1.54) is 6.33 Å². The third-order valence-electron chi connectivity index (χ3n) is 9.16. The summed E-state index contributed by atoms with van der Waals surface area (Å²) < 4.78 is 29.1. The van der Waals surface area contributed by atoms with Gasteiger partial charge in [0, 0.05) is 0 Å². The quantitative estimate of drug-likeness (QED) is 0.349. The lowest BCUT2D eigenvalue weighted by Gasteiger charge is -2.44. The van der Waals surface area contributed by atoms with Gasteiger partial charge in [-0.2, -0.15) is 0 Å². The standard InChI is InChI=1S/C26H54N4O5Si3/c1-24(2,3)36(10,11)32-16-18-19(34-37(12,13)25(4,5)6)20(35-38(14,15)26(7,8)9)23(33-18)30-17-28-22(29-30)21(27)31/h17-20,23H,16H2,1-15H3,(H2,27,31). The molecule has 2 N–H and O–H groups in total. The zero-order valence-electron chi connectivity index (χ0n) is 26.6. The Morgan fingerprint density at radius 3 is 1.71 bits per heavy atom. The van der Waals surface area contributed by atoms with Crippen LogP contribution in [0.4, 0.5) is 0 Å². The molecule has 9 nitrogen and oxygen atoms in total. The highest BCUT2D eigenvalue weighted by molar-refractivity contribution is 6.75. The van der Waals surface area contributed by atoms with Crippen LogP contribution < -0.4 is 5.73 Å². The van der Waals surface area contributed by atoms with Gasteiger partial charge in [-0.25, -0.2) is 9.67 Å². The summed E-state index contributed by atoms with van der Waals surface area (Å²) in [6.45, 7) is 33.8. The summed E-state index contributed by atoms with van der Waals surface area (Å²) in [4.78, 5) is 15.9. The summed E-state index contributed by atoms with van der Waals surface area (Å²) in [6.07, 6.45) is -0.346. The second-order valence-electron chi connectivity index (χ2n) is 15.2. The van der Waals surface area contributed by atoms with Crippen LogP contribution >= 0.6 is 0 Å². The SMILES string of the molecule is CC(C)(C)[Si](C)(C)OCC1OC(n2cnc(C(N)=O)n2)C(O[Si](C)(C)C(C)(C)C)C1O[Si](C)(C)C(C)(C)C. The first kappa shape index (κ1) is 33.3. The maximum atomic E-state index is 11.8. The van der Waals surface area contributed by atoms with Crippen LogP contribution in [0.25, 0.3) is 0 Å². The summed E-state index contributed by atoms with van der Waals surface area (Å²) in [7, 11) is -6.57. The molecule has 2 heterocycles.